The standard InChI is InChI=1S/C15H20BrF2N/c1-19(11-6-4-2-3-5-7-11)10-12-14(17)9-8-13(16)15(12)18/h8-9,11H,2-7,10H2,1H3. The highest BCUT2D eigenvalue weighted by atomic mass is 79.9. The van der Waals surface area contributed by atoms with Crippen molar-refractivity contribution in [3.8, 4) is 0 Å². The number of rotatable bonds is 3. The van der Waals surface area contributed by atoms with Crippen molar-refractivity contribution < 1.29 is 8.78 Å². The molecule has 0 saturated heterocycles. The minimum atomic E-state index is -0.472. The van der Waals surface area contributed by atoms with Gasteiger partial charge in [0.2, 0.25) is 0 Å². The molecule has 1 aliphatic rings. The summed E-state index contributed by atoms with van der Waals surface area (Å²) in [6.07, 6.45) is 7.27. The van der Waals surface area contributed by atoms with Crippen molar-refractivity contribution in [3.05, 3.63) is 33.8 Å². The van der Waals surface area contributed by atoms with Crippen LogP contribution in [0.25, 0.3) is 0 Å². The van der Waals surface area contributed by atoms with Gasteiger partial charge >= 0.3 is 0 Å². The molecule has 1 aromatic carbocycles. The van der Waals surface area contributed by atoms with Crippen molar-refractivity contribution in [2.24, 2.45) is 0 Å². The van der Waals surface area contributed by atoms with Crippen LogP contribution in [0, 0.1) is 11.6 Å². The van der Waals surface area contributed by atoms with Crippen molar-refractivity contribution in [2.45, 2.75) is 51.1 Å². The second-order valence-electron chi connectivity index (χ2n) is 5.38. The van der Waals surface area contributed by atoms with Crippen LogP contribution in [0.5, 0.6) is 0 Å². The Kier molecular flexibility index (Phi) is 5.34. The fourth-order valence-corrected chi connectivity index (χ4v) is 3.16. The summed E-state index contributed by atoms with van der Waals surface area (Å²) in [7, 11) is 1.97. The Labute approximate surface area is 122 Å². The van der Waals surface area contributed by atoms with Gasteiger partial charge in [-0.25, -0.2) is 8.78 Å². The largest absolute Gasteiger partial charge is 0.299 e. The molecule has 0 heterocycles. The predicted molar refractivity (Wildman–Crippen MR) is 77.0 cm³/mol. The first kappa shape index (κ1) is 14.9. The molecular formula is C15H20BrF2N. The van der Waals surface area contributed by atoms with Crippen LogP contribution < -0.4 is 0 Å². The molecule has 4 heteroatoms. The molecular weight excluding hydrogens is 312 g/mol. The Morgan fingerprint density at radius 2 is 1.79 bits per heavy atom. The van der Waals surface area contributed by atoms with Crippen molar-refractivity contribution in [1.82, 2.24) is 4.90 Å². The molecule has 1 nitrogen and oxygen atoms in total. The van der Waals surface area contributed by atoms with E-state index >= 15 is 0 Å². The Hall–Kier alpha value is -0.480. The first-order valence-corrected chi connectivity index (χ1v) is 7.71. The van der Waals surface area contributed by atoms with E-state index in [9.17, 15) is 8.78 Å². The van der Waals surface area contributed by atoms with Gasteiger partial charge in [0, 0.05) is 18.2 Å². The molecule has 0 N–H and O–H groups in total. The summed E-state index contributed by atoms with van der Waals surface area (Å²) in [5.74, 6) is -0.929. The molecule has 0 unspecified atom stereocenters. The lowest BCUT2D eigenvalue weighted by Crippen LogP contribution is -2.31. The Morgan fingerprint density at radius 1 is 1.16 bits per heavy atom. The van der Waals surface area contributed by atoms with Gasteiger partial charge in [-0.15, -0.1) is 0 Å². The van der Waals surface area contributed by atoms with Crippen LogP contribution in [-0.4, -0.2) is 18.0 Å². The van der Waals surface area contributed by atoms with Crippen LogP contribution in [0.3, 0.4) is 0 Å². The molecule has 0 atom stereocenters. The quantitative estimate of drug-likeness (QED) is 0.563. The molecule has 106 valence electrons. The molecule has 19 heavy (non-hydrogen) atoms. The third kappa shape index (κ3) is 3.76. The van der Waals surface area contributed by atoms with E-state index in [0.29, 0.717) is 17.1 Å². The average Bonchev–Trinajstić information content (AvgIpc) is 2.68. The zero-order chi connectivity index (χ0) is 13.8. The topological polar surface area (TPSA) is 3.24 Å². The third-order valence-electron chi connectivity index (χ3n) is 3.99. The lowest BCUT2D eigenvalue weighted by molar-refractivity contribution is 0.207. The highest BCUT2D eigenvalue weighted by Crippen LogP contribution is 2.26. The Balaban J connectivity index is 2.09. The van der Waals surface area contributed by atoms with Crippen LogP contribution in [0.15, 0.2) is 16.6 Å². The van der Waals surface area contributed by atoms with Crippen molar-refractivity contribution in [3.63, 3.8) is 0 Å². The lowest BCUT2D eigenvalue weighted by atomic mass is 10.1. The molecule has 2 rings (SSSR count). The molecule has 1 aliphatic carbocycles. The Bertz CT molecular complexity index is 428. The summed E-state index contributed by atoms with van der Waals surface area (Å²) < 4.78 is 28.0. The summed E-state index contributed by atoms with van der Waals surface area (Å²) in [6, 6.07) is 3.18. The zero-order valence-corrected chi connectivity index (χ0v) is 12.8. The number of hydrogen-bond donors (Lipinski definition) is 0. The van der Waals surface area contributed by atoms with Gasteiger partial charge in [0.1, 0.15) is 11.6 Å². The predicted octanol–water partition coefficient (Wildman–Crippen LogP) is 4.88. The molecule has 0 radical (unpaired) electrons. The van der Waals surface area contributed by atoms with Crippen molar-refractivity contribution in [2.75, 3.05) is 7.05 Å². The van der Waals surface area contributed by atoms with Crippen molar-refractivity contribution >= 4 is 15.9 Å². The molecule has 0 amide bonds. The smallest absolute Gasteiger partial charge is 0.144 e. The maximum absolute atomic E-state index is 14.0. The summed E-state index contributed by atoms with van der Waals surface area (Å²) in [5.41, 5.74) is 0.168. The normalized spacial score (nSPS) is 17.7. The van der Waals surface area contributed by atoms with Gasteiger partial charge in [-0.1, -0.05) is 25.7 Å². The number of nitrogens with zero attached hydrogens (tertiary/aromatic N) is 1. The summed E-state index contributed by atoms with van der Waals surface area (Å²) in [5, 5.41) is 0. The van der Waals surface area contributed by atoms with Gasteiger partial charge in [-0.3, -0.25) is 4.90 Å². The first-order valence-electron chi connectivity index (χ1n) is 6.92. The molecule has 0 aromatic heterocycles. The minimum Gasteiger partial charge on any atom is -0.299 e. The van der Waals surface area contributed by atoms with E-state index in [0.717, 1.165) is 12.8 Å². The first-order chi connectivity index (χ1) is 9.09. The molecule has 0 aliphatic heterocycles. The Morgan fingerprint density at radius 3 is 2.42 bits per heavy atom. The maximum atomic E-state index is 14.0. The molecule has 1 fully saturated rings. The van der Waals surface area contributed by atoms with Gasteiger partial charge in [-0.05, 0) is 48.0 Å². The van der Waals surface area contributed by atoms with E-state index in [-0.39, 0.29) is 5.56 Å². The van der Waals surface area contributed by atoms with E-state index in [1.807, 2.05) is 7.05 Å². The summed E-state index contributed by atoms with van der Waals surface area (Å²) >= 11 is 3.12. The molecule has 1 saturated carbocycles. The number of benzene rings is 1. The highest BCUT2D eigenvalue weighted by Gasteiger charge is 2.20. The highest BCUT2D eigenvalue weighted by molar-refractivity contribution is 9.10. The summed E-state index contributed by atoms with van der Waals surface area (Å²) in [6.45, 7) is 0.335. The minimum absolute atomic E-state index is 0.168. The third-order valence-corrected chi connectivity index (χ3v) is 4.61. The van der Waals surface area contributed by atoms with Crippen LogP contribution in [0.2, 0.25) is 0 Å². The van der Waals surface area contributed by atoms with Crippen LogP contribution >= 0.6 is 15.9 Å². The van der Waals surface area contributed by atoms with Gasteiger partial charge in [-0.2, -0.15) is 0 Å². The van der Waals surface area contributed by atoms with Gasteiger partial charge in [0.05, 0.1) is 4.47 Å². The van der Waals surface area contributed by atoms with E-state index in [2.05, 4.69) is 20.8 Å². The van der Waals surface area contributed by atoms with E-state index < -0.39 is 11.6 Å². The van der Waals surface area contributed by atoms with Gasteiger partial charge in [0.15, 0.2) is 0 Å². The fraction of sp³-hybridized carbons (Fsp3) is 0.600. The summed E-state index contributed by atoms with van der Waals surface area (Å²) in [4.78, 5) is 2.10. The molecule has 0 spiro atoms. The zero-order valence-electron chi connectivity index (χ0n) is 11.3. The van der Waals surface area contributed by atoms with Crippen LogP contribution in [0.1, 0.15) is 44.1 Å². The maximum Gasteiger partial charge on any atom is 0.144 e. The van der Waals surface area contributed by atoms with E-state index in [1.54, 1.807) is 0 Å². The van der Waals surface area contributed by atoms with Crippen LogP contribution in [-0.2, 0) is 6.54 Å². The fourth-order valence-electron chi connectivity index (χ4n) is 2.79. The average molecular weight is 332 g/mol. The van der Waals surface area contributed by atoms with E-state index in [1.165, 1.54) is 37.8 Å². The monoisotopic (exact) mass is 331 g/mol. The van der Waals surface area contributed by atoms with Gasteiger partial charge < -0.3 is 0 Å². The van der Waals surface area contributed by atoms with Crippen LogP contribution in [0.4, 0.5) is 8.78 Å². The number of hydrogen-bond acceptors (Lipinski definition) is 1. The SMILES string of the molecule is CN(Cc1c(F)ccc(Br)c1F)C1CCCCCC1. The number of halogens is 3. The molecule has 1 aromatic rings. The second-order valence-corrected chi connectivity index (χ2v) is 6.24. The second kappa shape index (κ2) is 6.80. The van der Waals surface area contributed by atoms with E-state index in [4.69, 9.17) is 0 Å². The lowest BCUT2D eigenvalue weighted by Gasteiger charge is -2.27. The van der Waals surface area contributed by atoms with Gasteiger partial charge in [0.25, 0.3) is 0 Å². The van der Waals surface area contributed by atoms with Crippen molar-refractivity contribution in [1.29, 1.82) is 0 Å². The molecule has 0 bridgehead atoms.